The summed E-state index contributed by atoms with van der Waals surface area (Å²) in [5, 5.41) is 7.01. The van der Waals surface area contributed by atoms with Gasteiger partial charge in [-0.2, -0.15) is 5.10 Å². The molecular formula is C19H17BrFN3O2. The lowest BCUT2D eigenvalue weighted by molar-refractivity contribution is -0.122. The number of benzene rings is 2. The van der Waals surface area contributed by atoms with Crippen molar-refractivity contribution >= 4 is 27.5 Å². The maximum atomic E-state index is 13.1. The van der Waals surface area contributed by atoms with E-state index in [2.05, 4.69) is 26.3 Å². The lowest BCUT2D eigenvalue weighted by atomic mass is 10.2. The predicted molar refractivity (Wildman–Crippen MR) is 101 cm³/mol. The smallest absolute Gasteiger partial charge is 0.265 e. The second-order valence-electron chi connectivity index (χ2n) is 5.74. The zero-order valence-corrected chi connectivity index (χ0v) is 15.6. The van der Waals surface area contributed by atoms with Gasteiger partial charge in [0.05, 0.1) is 22.9 Å². The summed E-state index contributed by atoms with van der Waals surface area (Å²) in [6.07, 6.45) is 2.58. The molecule has 134 valence electrons. The van der Waals surface area contributed by atoms with E-state index in [1.807, 2.05) is 30.3 Å². The molecule has 0 saturated carbocycles. The molecule has 0 fully saturated rings. The van der Waals surface area contributed by atoms with Crippen LogP contribution < -0.4 is 10.1 Å². The second-order valence-corrected chi connectivity index (χ2v) is 6.59. The van der Waals surface area contributed by atoms with Crippen LogP contribution in [0.4, 0.5) is 10.1 Å². The number of carbonyl (C=O) groups is 1. The fraction of sp³-hybridized carbons (Fsp3) is 0.158. The molecule has 0 bridgehead atoms. The van der Waals surface area contributed by atoms with Crippen molar-refractivity contribution in [2.75, 3.05) is 5.32 Å². The van der Waals surface area contributed by atoms with E-state index in [0.717, 1.165) is 5.56 Å². The Morgan fingerprint density at radius 3 is 2.81 bits per heavy atom. The van der Waals surface area contributed by atoms with Crippen LogP contribution in [0.5, 0.6) is 5.75 Å². The number of aromatic nitrogens is 2. The van der Waals surface area contributed by atoms with Crippen molar-refractivity contribution in [3.8, 4) is 5.75 Å². The summed E-state index contributed by atoms with van der Waals surface area (Å²) < 4.78 is 20.9. The lowest BCUT2D eigenvalue weighted by Crippen LogP contribution is -2.30. The van der Waals surface area contributed by atoms with Gasteiger partial charge in [-0.25, -0.2) is 4.39 Å². The Morgan fingerprint density at radius 1 is 1.31 bits per heavy atom. The molecule has 1 heterocycles. The fourth-order valence-electron chi connectivity index (χ4n) is 2.34. The van der Waals surface area contributed by atoms with Crippen molar-refractivity contribution in [2.45, 2.75) is 19.6 Å². The summed E-state index contributed by atoms with van der Waals surface area (Å²) in [6.45, 7) is 2.24. The van der Waals surface area contributed by atoms with Crippen molar-refractivity contribution in [3.05, 3.63) is 76.8 Å². The Balaban J connectivity index is 1.59. The van der Waals surface area contributed by atoms with Gasteiger partial charge in [0.15, 0.2) is 6.10 Å². The number of nitrogens with zero attached hydrogens (tertiary/aromatic N) is 2. The molecule has 1 amide bonds. The molecule has 5 nitrogen and oxygen atoms in total. The highest BCUT2D eigenvalue weighted by Crippen LogP contribution is 2.26. The van der Waals surface area contributed by atoms with E-state index in [4.69, 9.17) is 4.74 Å². The van der Waals surface area contributed by atoms with Crippen LogP contribution in [0.25, 0.3) is 0 Å². The standard InChI is InChI=1S/C19H17BrFN3O2/c1-13(26-18-8-7-15(21)9-17(18)20)19(25)23-16-10-22-24(12-16)11-14-5-3-2-4-6-14/h2-10,12-13H,11H2,1H3,(H,23,25). The molecule has 3 aromatic rings. The van der Waals surface area contributed by atoms with Gasteiger partial charge in [-0.3, -0.25) is 9.48 Å². The highest BCUT2D eigenvalue weighted by Gasteiger charge is 2.17. The quantitative estimate of drug-likeness (QED) is 0.652. The van der Waals surface area contributed by atoms with Gasteiger partial charge in [0, 0.05) is 6.20 Å². The molecule has 0 spiro atoms. The summed E-state index contributed by atoms with van der Waals surface area (Å²) >= 11 is 3.22. The van der Waals surface area contributed by atoms with Crippen molar-refractivity contribution in [3.63, 3.8) is 0 Å². The number of carbonyl (C=O) groups excluding carboxylic acids is 1. The molecule has 26 heavy (non-hydrogen) atoms. The topological polar surface area (TPSA) is 56.1 Å². The van der Waals surface area contributed by atoms with Crippen LogP contribution in [0.3, 0.4) is 0 Å². The minimum Gasteiger partial charge on any atom is -0.480 e. The second kappa shape index (κ2) is 8.14. The average molecular weight is 418 g/mol. The first-order valence-electron chi connectivity index (χ1n) is 8.00. The van der Waals surface area contributed by atoms with Crippen molar-refractivity contribution in [1.82, 2.24) is 9.78 Å². The zero-order chi connectivity index (χ0) is 18.5. The van der Waals surface area contributed by atoms with Gasteiger partial charge in [-0.1, -0.05) is 30.3 Å². The van der Waals surface area contributed by atoms with Crippen LogP contribution in [0.15, 0.2) is 65.4 Å². The van der Waals surface area contributed by atoms with Crippen LogP contribution in [0.1, 0.15) is 12.5 Å². The molecule has 1 aromatic heterocycles. The van der Waals surface area contributed by atoms with Gasteiger partial charge in [0.2, 0.25) is 0 Å². The zero-order valence-electron chi connectivity index (χ0n) is 14.0. The number of nitrogens with one attached hydrogen (secondary N) is 1. The molecule has 1 N–H and O–H groups in total. The third kappa shape index (κ3) is 4.70. The normalized spacial score (nSPS) is 11.8. The highest BCUT2D eigenvalue weighted by molar-refractivity contribution is 9.10. The molecule has 1 unspecified atom stereocenters. The SMILES string of the molecule is CC(Oc1ccc(F)cc1Br)C(=O)Nc1cnn(Cc2ccccc2)c1. The number of ether oxygens (including phenoxy) is 1. The number of amides is 1. The van der Waals surface area contributed by atoms with Gasteiger partial charge < -0.3 is 10.1 Å². The van der Waals surface area contributed by atoms with E-state index in [-0.39, 0.29) is 11.7 Å². The van der Waals surface area contributed by atoms with Crippen LogP contribution in [-0.4, -0.2) is 21.8 Å². The van der Waals surface area contributed by atoms with Crippen molar-refractivity contribution < 1.29 is 13.9 Å². The first kappa shape index (κ1) is 18.1. The molecule has 1 atom stereocenters. The lowest BCUT2D eigenvalue weighted by Gasteiger charge is -2.15. The third-order valence-electron chi connectivity index (χ3n) is 3.66. The van der Waals surface area contributed by atoms with Crippen molar-refractivity contribution in [1.29, 1.82) is 0 Å². The number of rotatable bonds is 6. The Morgan fingerprint density at radius 2 is 2.08 bits per heavy atom. The van der Waals surface area contributed by atoms with E-state index in [9.17, 15) is 9.18 Å². The Hall–Kier alpha value is -2.67. The van der Waals surface area contributed by atoms with Crippen LogP contribution in [-0.2, 0) is 11.3 Å². The van der Waals surface area contributed by atoms with Gasteiger partial charge >= 0.3 is 0 Å². The third-order valence-corrected chi connectivity index (χ3v) is 4.27. The van der Waals surface area contributed by atoms with Crippen LogP contribution >= 0.6 is 15.9 Å². The van der Waals surface area contributed by atoms with E-state index in [0.29, 0.717) is 22.5 Å². The Kier molecular flexibility index (Phi) is 5.68. The van der Waals surface area contributed by atoms with E-state index in [1.165, 1.54) is 18.2 Å². The minimum atomic E-state index is -0.755. The summed E-state index contributed by atoms with van der Waals surface area (Å²) in [4.78, 5) is 12.3. The van der Waals surface area contributed by atoms with Crippen LogP contribution in [0.2, 0.25) is 0 Å². The fourth-order valence-corrected chi connectivity index (χ4v) is 2.79. The maximum Gasteiger partial charge on any atom is 0.265 e. The first-order valence-corrected chi connectivity index (χ1v) is 8.79. The summed E-state index contributed by atoms with van der Waals surface area (Å²) in [5.41, 5.74) is 1.70. The van der Waals surface area contributed by atoms with E-state index in [1.54, 1.807) is 24.0 Å². The molecule has 3 rings (SSSR count). The Bertz CT molecular complexity index is 899. The molecular weight excluding hydrogens is 401 g/mol. The Labute approximate surface area is 158 Å². The first-order chi connectivity index (χ1) is 12.5. The summed E-state index contributed by atoms with van der Waals surface area (Å²) in [6, 6.07) is 13.9. The number of halogens is 2. The monoisotopic (exact) mass is 417 g/mol. The van der Waals surface area contributed by atoms with Crippen LogP contribution in [0, 0.1) is 5.82 Å². The number of hydrogen-bond donors (Lipinski definition) is 1. The molecule has 0 saturated heterocycles. The molecule has 0 aliphatic rings. The number of anilines is 1. The predicted octanol–water partition coefficient (Wildman–Crippen LogP) is 4.24. The number of hydrogen-bond acceptors (Lipinski definition) is 3. The molecule has 7 heteroatoms. The summed E-state index contributed by atoms with van der Waals surface area (Å²) in [7, 11) is 0. The highest BCUT2D eigenvalue weighted by atomic mass is 79.9. The molecule has 0 aliphatic carbocycles. The largest absolute Gasteiger partial charge is 0.480 e. The van der Waals surface area contributed by atoms with Gasteiger partial charge in [0.25, 0.3) is 5.91 Å². The molecule has 2 aromatic carbocycles. The van der Waals surface area contributed by atoms with Gasteiger partial charge in [-0.15, -0.1) is 0 Å². The van der Waals surface area contributed by atoms with Gasteiger partial charge in [-0.05, 0) is 46.6 Å². The van der Waals surface area contributed by atoms with E-state index < -0.39 is 6.10 Å². The van der Waals surface area contributed by atoms with Gasteiger partial charge in [0.1, 0.15) is 11.6 Å². The average Bonchev–Trinajstić information content (AvgIpc) is 3.05. The summed E-state index contributed by atoms with van der Waals surface area (Å²) in [5.74, 6) is -0.304. The van der Waals surface area contributed by atoms with Crippen molar-refractivity contribution in [2.24, 2.45) is 0 Å². The molecule has 0 radical (unpaired) electrons. The molecule has 0 aliphatic heterocycles. The maximum absolute atomic E-state index is 13.1. The van der Waals surface area contributed by atoms with E-state index >= 15 is 0 Å². The minimum absolute atomic E-state index is 0.319.